The van der Waals surface area contributed by atoms with Crippen LogP contribution in [0.25, 0.3) is 22.3 Å². The highest BCUT2D eigenvalue weighted by molar-refractivity contribution is 5.83. The number of nitrogens with zero attached hydrogens (tertiary/aromatic N) is 6. The van der Waals surface area contributed by atoms with E-state index in [2.05, 4.69) is 15.0 Å². The minimum Gasteiger partial charge on any atom is -0.487 e. The van der Waals surface area contributed by atoms with Crippen molar-refractivity contribution in [3.8, 4) is 17.0 Å². The van der Waals surface area contributed by atoms with Crippen molar-refractivity contribution in [2.45, 2.75) is 25.4 Å². The zero-order valence-corrected chi connectivity index (χ0v) is 19.6. The van der Waals surface area contributed by atoms with Crippen molar-refractivity contribution in [1.29, 1.82) is 0 Å². The van der Waals surface area contributed by atoms with Gasteiger partial charge in [0.2, 0.25) is 0 Å². The summed E-state index contributed by atoms with van der Waals surface area (Å²) in [6, 6.07) is 5.32. The molecule has 0 amide bonds. The number of aryl methyl sites for hydroxylation is 1. The van der Waals surface area contributed by atoms with E-state index < -0.39 is 11.6 Å². The van der Waals surface area contributed by atoms with E-state index in [1.54, 1.807) is 24.2 Å². The summed E-state index contributed by atoms with van der Waals surface area (Å²) in [6.07, 6.45) is 7.29. The summed E-state index contributed by atoms with van der Waals surface area (Å²) in [4.78, 5) is 16.6. The number of hydrogen-bond donors (Lipinski definition) is 0. The summed E-state index contributed by atoms with van der Waals surface area (Å²) < 4.78 is 39.9. The summed E-state index contributed by atoms with van der Waals surface area (Å²) in [6.45, 7) is 1.89. The van der Waals surface area contributed by atoms with Crippen LogP contribution in [0.15, 0.2) is 42.9 Å². The predicted molar refractivity (Wildman–Crippen MR) is 127 cm³/mol. The van der Waals surface area contributed by atoms with Crippen LogP contribution in [0.5, 0.6) is 5.75 Å². The molecule has 35 heavy (non-hydrogen) atoms. The first-order valence-corrected chi connectivity index (χ1v) is 11.5. The molecule has 10 heteroatoms. The Balaban J connectivity index is 1.40. The fourth-order valence-corrected chi connectivity index (χ4v) is 4.23. The molecule has 3 aromatic heterocycles. The summed E-state index contributed by atoms with van der Waals surface area (Å²) >= 11 is 0. The van der Waals surface area contributed by atoms with Gasteiger partial charge in [-0.25, -0.2) is 18.7 Å². The number of halogens is 2. The number of hydrogen-bond acceptors (Lipinski definition) is 7. The number of pyridine rings is 1. The summed E-state index contributed by atoms with van der Waals surface area (Å²) in [5.41, 5.74) is 3.99. The van der Waals surface area contributed by atoms with Crippen molar-refractivity contribution < 1.29 is 18.3 Å². The number of anilines is 1. The Morgan fingerprint density at radius 1 is 1.06 bits per heavy atom. The number of benzene rings is 1. The summed E-state index contributed by atoms with van der Waals surface area (Å²) in [5.74, 6) is -0.489. The molecule has 1 aliphatic rings. The number of methoxy groups -OCH3 is 1. The van der Waals surface area contributed by atoms with Gasteiger partial charge in [-0.3, -0.25) is 9.67 Å². The number of fused-ring (bicyclic) bond motifs is 1. The second-order valence-electron chi connectivity index (χ2n) is 8.58. The standard InChI is InChI=1S/C25H26F2N6O2/c1-32-15-16(13-29-32)24-25(31-22-14-28-18(7-10-34-2)12-21(22)30-24)33-8-5-19(6-9-33)35-23-4-3-17(26)11-20(23)27/h3-4,11-15,19H,5-10H2,1-2H3. The highest BCUT2D eigenvalue weighted by Gasteiger charge is 2.26. The van der Waals surface area contributed by atoms with Crippen LogP contribution in [-0.2, 0) is 18.2 Å². The molecule has 0 N–H and O–H groups in total. The average molecular weight is 481 g/mol. The van der Waals surface area contributed by atoms with E-state index in [0.29, 0.717) is 44.5 Å². The van der Waals surface area contributed by atoms with Crippen molar-refractivity contribution in [1.82, 2.24) is 24.7 Å². The Kier molecular flexibility index (Phi) is 6.54. The fraction of sp³-hybridized carbons (Fsp3) is 0.360. The molecule has 0 saturated carbocycles. The van der Waals surface area contributed by atoms with E-state index >= 15 is 0 Å². The van der Waals surface area contributed by atoms with Gasteiger partial charge in [-0.05, 0) is 18.2 Å². The molecular weight excluding hydrogens is 454 g/mol. The van der Waals surface area contributed by atoms with Crippen LogP contribution < -0.4 is 9.64 Å². The molecule has 4 heterocycles. The first-order chi connectivity index (χ1) is 17.0. The Morgan fingerprint density at radius 2 is 1.89 bits per heavy atom. The van der Waals surface area contributed by atoms with Gasteiger partial charge in [0.05, 0.1) is 24.5 Å². The van der Waals surface area contributed by atoms with E-state index in [0.717, 1.165) is 34.4 Å². The summed E-state index contributed by atoms with van der Waals surface area (Å²) in [7, 11) is 3.53. The maximum Gasteiger partial charge on any atom is 0.167 e. The zero-order valence-electron chi connectivity index (χ0n) is 19.6. The molecule has 0 aliphatic carbocycles. The Morgan fingerprint density at radius 3 is 2.60 bits per heavy atom. The van der Waals surface area contributed by atoms with Gasteiger partial charge >= 0.3 is 0 Å². The molecule has 0 spiro atoms. The van der Waals surface area contributed by atoms with Crippen LogP contribution in [0, 0.1) is 11.6 Å². The largest absolute Gasteiger partial charge is 0.487 e. The molecule has 0 bridgehead atoms. The quantitative estimate of drug-likeness (QED) is 0.397. The number of piperidine rings is 1. The van der Waals surface area contributed by atoms with Crippen molar-refractivity contribution in [3.05, 3.63) is 60.2 Å². The zero-order chi connectivity index (χ0) is 24.4. The van der Waals surface area contributed by atoms with E-state index in [9.17, 15) is 8.78 Å². The van der Waals surface area contributed by atoms with E-state index in [-0.39, 0.29) is 11.9 Å². The number of aromatic nitrogens is 5. The van der Waals surface area contributed by atoms with E-state index in [1.165, 1.54) is 12.1 Å². The molecule has 4 aromatic rings. The SMILES string of the molecule is COCCc1cc2nc(-c3cnn(C)c3)c(N3CCC(Oc4ccc(F)cc4F)CC3)nc2cn1. The van der Waals surface area contributed by atoms with Crippen LogP contribution in [0.1, 0.15) is 18.5 Å². The van der Waals surface area contributed by atoms with Crippen LogP contribution >= 0.6 is 0 Å². The third kappa shape index (κ3) is 5.07. The highest BCUT2D eigenvalue weighted by atomic mass is 19.1. The highest BCUT2D eigenvalue weighted by Crippen LogP contribution is 2.32. The molecule has 0 unspecified atom stereocenters. The smallest absolute Gasteiger partial charge is 0.167 e. The molecule has 1 fully saturated rings. The Labute approximate surface area is 201 Å². The lowest BCUT2D eigenvalue weighted by Gasteiger charge is -2.33. The topological polar surface area (TPSA) is 78.2 Å². The van der Waals surface area contributed by atoms with Crippen LogP contribution in [0.2, 0.25) is 0 Å². The van der Waals surface area contributed by atoms with Crippen molar-refractivity contribution in [2.75, 3.05) is 31.7 Å². The first-order valence-electron chi connectivity index (χ1n) is 11.5. The monoisotopic (exact) mass is 480 g/mol. The third-order valence-corrected chi connectivity index (χ3v) is 6.06. The number of ether oxygens (including phenoxy) is 2. The second kappa shape index (κ2) is 9.91. The van der Waals surface area contributed by atoms with Gasteiger partial charge in [0, 0.05) is 70.0 Å². The van der Waals surface area contributed by atoms with E-state index in [1.807, 2.05) is 19.3 Å². The lowest BCUT2D eigenvalue weighted by atomic mass is 10.1. The Hall–Kier alpha value is -3.66. The summed E-state index contributed by atoms with van der Waals surface area (Å²) in [5, 5.41) is 4.31. The predicted octanol–water partition coefficient (Wildman–Crippen LogP) is 3.94. The molecule has 182 valence electrons. The molecule has 0 atom stereocenters. The van der Waals surface area contributed by atoms with Gasteiger partial charge in [-0.15, -0.1) is 0 Å². The molecule has 5 rings (SSSR count). The van der Waals surface area contributed by atoms with Gasteiger partial charge in [-0.1, -0.05) is 0 Å². The van der Waals surface area contributed by atoms with Crippen molar-refractivity contribution in [3.63, 3.8) is 0 Å². The first kappa shape index (κ1) is 23.1. The van der Waals surface area contributed by atoms with Crippen LogP contribution in [0.4, 0.5) is 14.6 Å². The lowest BCUT2D eigenvalue weighted by molar-refractivity contribution is 0.163. The molecule has 1 aromatic carbocycles. The van der Waals surface area contributed by atoms with E-state index in [4.69, 9.17) is 19.4 Å². The van der Waals surface area contributed by atoms with Gasteiger partial charge in [-0.2, -0.15) is 5.10 Å². The van der Waals surface area contributed by atoms with Crippen molar-refractivity contribution in [2.24, 2.45) is 7.05 Å². The Bertz CT molecular complexity index is 1340. The minimum atomic E-state index is -0.691. The van der Waals surface area contributed by atoms with Gasteiger partial charge in [0.15, 0.2) is 17.4 Å². The van der Waals surface area contributed by atoms with Crippen LogP contribution in [-0.4, -0.2) is 57.6 Å². The molecule has 0 radical (unpaired) electrons. The molecule has 1 aliphatic heterocycles. The van der Waals surface area contributed by atoms with Gasteiger partial charge in [0.25, 0.3) is 0 Å². The number of rotatable bonds is 7. The van der Waals surface area contributed by atoms with Gasteiger partial charge < -0.3 is 14.4 Å². The fourth-order valence-electron chi connectivity index (χ4n) is 4.23. The van der Waals surface area contributed by atoms with Crippen molar-refractivity contribution >= 4 is 16.9 Å². The molecular formula is C25H26F2N6O2. The maximum absolute atomic E-state index is 14.0. The minimum absolute atomic E-state index is 0.0711. The third-order valence-electron chi connectivity index (χ3n) is 6.06. The lowest BCUT2D eigenvalue weighted by Crippen LogP contribution is -2.39. The molecule has 8 nitrogen and oxygen atoms in total. The second-order valence-corrected chi connectivity index (χ2v) is 8.58. The average Bonchev–Trinajstić information content (AvgIpc) is 3.30. The molecule has 1 saturated heterocycles. The van der Waals surface area contributed by atoms with Crippen LogP contribution in [0.3, 0.4) is 0 Å². The maximum atomic E-state index is 14.0. The van der Waals surface area contributed by atoms with Gasteiger partial charge in [0.1, 0.15) is 23.1 Å². The normalized spacial score (nSPS) is 14.6.